The second kappa shape index (κ2) is 4.10. The van der Waals surface area contributed by atoms with Gasteiger partial charge < -0.3 is 5.32 Å². The molecule has 110 valence electrons. The molecule has 20 heavy (non-hydrogen) atoms. The molecular weight excluding hydrogens is 262 g/mol. The van der Waals surface area contributed by atoms with Gasteiger partial charge in [0.15, 0.2) is 0 Å². The first-order chi connectivity index (χ1) is 9.38. The number of hydrogen-bond donors (Lipinski definition) is 1. The molecule has 2 heteroatoms. The topological polar surface area (TPSA) is 12.0 Å². The van der Waals surface area contributed by atoms with E-state index in [1.807, 2.05) is 11.3 Å². The molecule has 5 rings (SSSR count). The second-order valence-electron chi connectivity index (χ2n) is 8.78. The maximum Gasteiger partial charge on any atom is 0.0305 e. The zero-order valence-electron chi connectivity index (χ0n) is 13.1. The monoisotopic (exact) mass is 289 g/mol. The summed E-state index contributed by atoms with van der Waals surface area (Å²) in [5, 5.41) is 4.02. The molecule has 2 unspecified atom stereocenters. The molecule has 1 nitrogen and oxygen atoms in total. The molecule has 1 N–H and O–H groups in total. The lowest BCUT2D eigenvalue weighted by Crippen LogP contribution is -2.63. The van der Waals surface area contributed by atoms with Crippen molar-refractivity contribution in [3.8, 4) is 0 Å². The summed E-state index contributed by atoms with van der Waals surface area (Å²) in [6.07, 6.45) is 8.71. The first-order valence-electron chi connectivity index (χ1n) is 8.18. The zero-order valence-corrected chi connectivity index (χ0v) is 13.9. The maximum atomic E-state index is 4.02. The minimum atomic E-state index is 0.445. The molecule has 4 saturated carbocycles. The largest absolute Gasteiger partial charge is 0.306 e. The molecule has 1 heterocycles. The number of thiophene rings is 1. The van der Waals surface area contributed by atoms with Crippen LogP contribution in [0.25, 0.3) is 0 Å². The molecule has 4 aliphatic carbocycles. The summed E-state index contributed by atoms with van der Waals surface area (Å²) in [7, 11) is 0. The van der Waals surface area contributed by atoms with Gasteiger partial charge in [-0.25, -0.2) is 0 Å². The summed E-state index contributed by atoms with van der Waals surface area (Å²) < 4.78 is 0. The molecule has 1 aromatic rings. The molecule has 4 bridgehead atoms. The van der Waals surface area contributed by atoms with Crippen molar-refractivity contribution in [1.82, 2.24) is 5.32 Å². The van der Waals surface area contributed by atoms with Gasteiger partial charge in [0.05, 0.1) is 0 Å². The van der Waals surface area contributed by atoms with Crippen molar-refractivity contribution in [2.75, 3.05) is 0 Å². The number of nitrogens with one attached hydrogen (secondary N) is 1. The van der Waals surface area contributed by atoms with E-state index in [0.29, 0.717) is 16.4 Å². The lowest BCUT2D eigenvalue weighted by atomic mass is 9.43. The predicted octanol–water partition coefficient (Wildman–Crippen LogP) is 4.90. The quantitative estimate of drug-likeness (QED) is 0.835. The average molecular weight is 289 g/mol. The van der Waals surface area contributed by atoms with Gasteiger partial charge in [0.1, 0.15) is 0 Å². The molecule has 4 atom stereocenters. The van der Waals surface area contributed by atoms with Crippen LogP contribution in [0.5, 0.6) is 0 Å². The van der Waals surface area contributed by atoms with Gasteiger partial charge in [-0.3, -0.25) is 0 Å². The summed E-state index contributed by atoms with van der Waals surface area (Å²) in [4.78, 5) is 2.94. The molecule has 0 radical (unpaired) electrons. The Balaban J connectivity index is 1.55. The van der Waals surface area contributed by atoms with Crippen molar-refractivity contribution >= 4 is 11.3 Å². The lowest BCUT2D eigenvalue weighted by Gasteiger charge is -2.65. The first kappa shape index (κ1) is 13.3. The van der Waals surface area contributed by atoms with Gasteiger partial charge in [0.2, 0.25) is 0 Å². The minimum absolute atomic E-state index is 0.445. The Morgan fingerprint density at radius 1 is 1.10 bits per heavy atom. The molecule has 0 aromatic carbocycles. The van der Waals surface area contributed by atoms with Crippen molar-refractivity contribution in [2.45, 2.75) is 71.4 Å². The summed E-state index contributed by atoms with van der Waals surface area (Å²) >= 11 is 1.95. The Kier molecular flexibility index (Phi) is 2.74. The van der Waals surface area contributed by atoms with Gasteiger partial charge in [0.25, 0.3) is 0 Å². The predicted molar refractivity (Wildman–Crippen MR) is 86.0 cm³/mol. The van der Waals surface area contributed by atoms with E-state index >= 15 is 0 Å². The number of rotatable bonds is 3. The van der Waals surface area contributed by atoms with Crippen molar-refractivity contribution in [3.05, 3.63) is 21.9 Å². The van der Waals surface area contributed by atoms with E-state index in [9.17, 15) is 0 Å². The van der Waals surface area contributed by atoms with Crippen LogP contribution in [0.2, 0.25) is 0 Å². The fraction of sp³-hybridized carbons (Fsp3) is 0.778. The van der Waals surface area contributed by atoms with E-state index in [4.69, 9.17) is 0 Å². The van der Waals surface area contributed by atoms with Gasteiger partial charge in [-0.2, -0.15) is 0 Å². The summed E-state index contributed by atoms with van der Waals surface area (Å²) in [6.45, 7) is 8.40. The van der Waals surface area contributed by atoms with E-state index in [1.54, 1.807) is 0 Å². The van der Waals surface area contributed by atoms with Crippen LogP contribution >= 0.6 is 11.3 Å². The third kappa shape index (κ3) is 2.16. The zero-order chi connectivity index (χ0) is 14.0. The molecule has 0 spiro atoms. The van der Waals surface area contributed by atoms with E-state index in [-0.39, 0.29) is 0 Å². The van der Waals surface area contributed by atoms with Crippen LogP contribution in [-0.4, -0.2) is 5.54 Å². The smallest absolute Gasteiger partial charge is 0.0305 e. The van der Waals surface area contributed by atoms with E-state index in [2.05, 4.69) is 38.2 Å². The van der Waals surface area contributed by atoms with Gasteiger partial charge in [-0.1, -0.05) is 13.8 Å². The highest BCUT2D eigenvalue weighted by Gasteiger charge is 2.59. The normalized spacial score (nSPS) is 46.0. The van der Waals surface area contributed by atoms with Crippen LogP contribution in [0, 0.1) is 23.7 Å². The third-order valence-corrected chi connectivity index (χ3v) is 7.06. The van der Waals surface area contributed by atoms with E-state index < -0.39 is 0 Å². The van der Waals surface area contributed by atoms with Crippen molar-refractivity contribution in [3.63, 3.8) is 0 Å². The summed E-state index contributed by atoms with van der Waals surface area (Å²) in [5.41, 5.74) is 1.68. The molecule has 0 amide bonds. The Morgan fingerprint density at radius 3 is 2.35 bits per heavy atom. The van der Waals surface area contributed by atoms with Gasteiger partial charge >= 0.3 is 0 Å². The molecule has 1 aromatic heterocycles. The highest BCUT2D eigenvalue weighted by molar-refractivity contribution is 7.11. The Bertz CT molecular complexity index is 513. The standard InChI is InChI=1S/C18H27NS/c1-13-4-5-15(20-13)9-19-18-8-14-6-16(2,11-18)10-17(3,7-14)12-18/h4-5,14,19H,6-12H2,1-3H3/t14?,16-,17+,18?. The summed E-state index contributed by atoms with van der Waals surface area (Å²) in [5.74, 6) is 0.985. The third-order valence-electron chi connectivity index (χ3n) is 6.06. The number of aryl methyl sites for hydroxylation is 1. The maximum absolute atomic E-state index is 4.02. The fourth-order valence-corrected chi connectivity index (χ4v) is 7.33. The van der Waals surface area contributed by atoms with Crippen molar-refractivity contribution < 1.29 is 0 Å². The molecular formula is C18H27NS. The Labute approximate surface area is 127 Å². The lowest BCUT2D eigenvalue weighted by molar-refractivity contribution is -0.118. The fourth-order valence-electron chi connectivity index (χ4n) is 6.50. The molecule has 4 aliphatic rings. The van der Waals surface area contributed by atoms with Crippen molar-refractivity contribution in [1.29, 1.82) is 0 Å². The van der Waals surface area contributed by atoms with Gasteiger partial charge in [0, 0.05) is 21.8 Å². The van der Waals surface area contributed by atoms with Crippen LogP contribution in [-0.2, 0) is 6.54 Å². The second-order valence-corrected chi connectivity index (χ2v) is 10.1. The van der Waals surface area contributed by atoms with Crippen LogP contribution in [0.15, 0.2) is 12.1 Å². The van der Waals surface area contributed by atoms with Crippen LogP contribution in [0.1, 0.15) is 62.1 Å². The first-order valence-corrected chi connectivity index (χ1v) is 9.00. The van der Waals surface area contributed by atoms with Gasteiger partial charge in [-0.05, 0) is 74.3 Å². The molecule has 0 aliphatic heterocycles. The SMILES string of the molecule is Cc1ccc(CNC23CC4C[C@@](C)(C2)C[C@](C)(C4)C3)s1. The van der Waals surface area contributed by atoms with E-state index in [1.165, 1.54) is 48.3 Å². The van der Waals surface area contributed by atoms with E-state index in [0.717, 1.165) is 12.5 Å². The molecule has 0 saturated heterocycles. The Hall–Kier alpha value is -0.340. The summed E-state index contributed by atoms with van der Waals surface area (Å²) in [6, 6.07) is 4.56. The van der Waals surface area contributed by atoms with Crippen LogP contribution < -0.4 is 5.32 Å². The van der Waals surface area contributed by atoms with Crippen molar-refractivity contribution in [2.24, 2.45) is 16.7 Å². The Morgan fingerprint density at radius 2 is 1.80 bits per heavy atom. The highest BCUT2D eigenvalue weighted by Crippen LogP contribution is 2.66. The average Bonchev–Trinajstić information content (AvgIpc) is 2.68. The molecule has 4 fully saturated rings. The van der Waals surface area contributed by atoms with Crippen LogP contribution in [0.4, 0.5) is 0 Å². The van der Waals surface area contributed by atoms with Gasteiger partial charge in [-0.15, -0.1) is 11.3 Å². The van der Waals surface area contributed by atoms with Crippen LogP contribution in [0.3, 0.4) is 0 Å². The number of hydrogen-bond acceptors (Lipinski definition) is 2. The highest BCUT2D eigenvalue weighted by atomic mass is 32.1. The minimum Gasteiger partial charge on any atom is -0.306 e.